The van der Waals surface area contributed by atoms with Crippen molar-refractivity contribution in [2.45, 2.75) is 25.4 Å². The van der Waals surface area contributed by atoms with E-state index < -0.39 is 0 Å². The van der Waals surface area contributed by atoms with E-state index in [-0.39, 0.29) is 18.0 Å². The van der Waals surface area contributed by atoms with Crippen molar-refractivity contribution in [2.75, 3.05) is 11.9 Å². The van der Waals surface area contributed by atoms with Crippen LogP contribution in [0.2, 0.25) is 0 Å². The molecule has 1 aliphatic rings. The van der Waals surface area contributed by atoms with Crippen molar-refractivity contribution in [2.24, 2.45) is 0 Å². The minimum Gasteiger partial charge on any atom is -0.352 e. The molecule has 0 spiro atoms. The van der Waals surface area contributed by atoms with Gasteiger partial charge < -0.3 is 20.1 Å². The number of benzene rings is 1. The molecule has 4 aromatic rings. The van der Waals surface area contributed by atoms with Gasteiger partial charge in [0.05, 0.1) is 17.8 Å². The van der Waals surface area contributed by atoms with Gasteiger partial charge in [0, 0.05) is 42.9 Å². The van der Waals surface area contributed by atoms with E-state index in [1.807, 2.05) is 79.9 Å². The molecule has 1 aliphatic heterocycles. The SMILES string of the molecule is Cc1ccccc1NC(=O)CCN1C(=S)NC(c2ccccn2)C1c1cccn1-c1ccccn1. The first-order valence-electron chi connectivity index (χ1n) is 11.5. The van der Waals surface area contributed by atoms with E-state index in [0.29, 0.717) is 18.1 Å². The lowest BCUT2D eigenvalue weighted by Crippen LogP contribution is -2.33. The first kappa shape index (κ1) is 22.7. The lowest BCUT2D eigenvalue weighted by atomic mass is 10.0. The molecule has 5 rings (SSSR count). The number of nitrogens with one attached hydrogen (secondary N) is 2. The number of thiocarbonyl (C=S) groups is 1. The molecule has 4 heterocycles. The molecule has 0 bridgehead atoms. The number of amides is 1. The van der Waals surface area contributed by atoms with Crippen LogP contribution >= 0.6 is 12.2 Å². The number of aryl methyl sites for hydroxylation is 1. The molecule has 3 aromatic heterocycles. The van der Waals surface area contributed by atoms with Crippen LogP contribution in [0.25, 0.3) is 5.82 Å². The number of para-hydroxylation sites is 1. The fraction of sp³-hybridized carbons (Fsp3) is 0.185. The van der Waals surface area contributed by atoms with Crippen molar-refractivity contribution in [3.63, 3.8) is 0 Å². The van der Waals surface area contributed by atoms with Crippen LogP contribution in [0, 0.1) is 6.92 Å². The molecule has 1 saturated heterocycles. The minimum atomic E-state index is -0.166. The highest BCUT2D eigenvalue weighted by Gasteiger charge is 2.41. The van der Waals surface area contributed by atoms with Gasteiger partial charge in [-0.2, -0.15) is 0 Å². The van der Waals surface area contributed by atoms with Crippen molar-refractivity contribution in [3.8, 4) is 5.82 Å². The molecule has 2 N–H and O–H groups in total. The average Bonchev–Trinajstić information content (AvgIpc) is 3.49. The normalized spacial score (nSPS) is 17.3. The number of hydrogen-bond donors (Lipinski definition) is 2. The zero-order valence-corrected chi connectivity index (χ0v) is 20.2. The number of pyridine rings is 2. The Labute approximate surface area is 209 Å². The number of carbonyl (C=O) groups is 1. The van der Waals surface area contributed by atoms with Crippen molar-refractivity contribution in [3.05, 3.63) is 108 Å². The molecule has 1 amide bonds. The maximum absolute atomic E-state index is 12.8. The van der Waals surface area contributed by atoms with Crippen LogP contribution in [0.4, 0.5) is 5.69 Å². The van der Waals surface area contributed by atoms with Gasteiger partial charge >= 0.3 is 0 Å². The zero-order valence-electron chi connectivity index (χ0n) is 19.3. The van der Waals surface area contributed by atoms with E-state index in [2.05, 4.69) is 36.1 Å². The van der Waals surface area contributed by atoms with Gasteiger partial charge in [-0.1, -0.05) is 30.3 Å². The molecule has 0 aliphatic carbocycles. The first-order chi connectivity index (χ1) is 17.1. The highest BCUT2D eigenvalue weighted by molar-refractivity contribution is 7.80. The average molecular weight is 483 g/mol. The van der Waals surface area contributed by atoms with E-state index in [1.54, 1.807) is 12.4 Å². The van der Waals surface area contributed by atoms with Crippen LogP contribution in [0.5, 0.6) is 0 Å². The summed E-state index contributed by atoms with van der Waals surface area (Å²) in [6.45, 7) is 2.44. The fourth-order valence-electron chi connectivity index (χ4n) is 4.46. The van der Waals surface area contributed by atoms with E-state index in [4.69, 9.17) is 12.2 Å². The molecular weight excluding hydrogens is 456 g/mol. The van der Waals surface area contributed by atoms with Gasteiger partial charge in [0.1, 0.15) is 5.82 Å². The molecule has 0 radical (unpaired) electrons. The standard InChI is InChI=1S/C27H26N6OS/c1-19-9-2-3-10-20(19)30-24(34)14-18-33-26(25(31-27(33)35)21-11-4-6-15-28-21)22-12-8-17-32(22)23-13-5-7-16-29-23/h2-13,15-17,25-26H,14,18H2,1H3,(H,30,34)(H,31,35). The third kappa shape index (κ3) is 4.79. The Morgan fingerprint density at radius 2 is 1.77 bits per heavy atom. The van der Waals surface area contributed by atoms with Crippen LogP contribution in [-0.2, 0) is 4.79 Å². The maximum atomic E-state index is 12.8. The van der Waals surface area contributed by atoms with Crippen LogP contribution < -0.4 is 10.6 Å². The first-order valence-corrected chi connectivity index (χ1v) is 11.9. The second-order valence-electron chi connectivity index (χ2n) is 8.42. The molecule has 2 atom stereocenters. The summed E-state index contributed by atoms with van der Waals surface area (Å²) in [5.41, 5.74) is 3.76. The van der Waals surface area contributed by atoms with Crippen molar-refractivity contribution in [1.29, 1.82) is 0 Å². The van der Waals surface area contributed by atoms with Crippen LogP contribution in [0.15, 0.2) is 91.4 Å². The minimum absolute atomic E-state index is 0.0535. The van der Waals surface area contributed by atoms with Gasteiger partial charge in [-0.15, -0.1) is 0 Å². The van der Waals surface area contributed by atoms with E-state index in [9.17, 15) is 4.79 Å². The second-order valence-corrected chi connectivity index (χ2v) is 8.81. The van der Waals surface area contributed by atoms with Gasteiger partial charge in [-0.05, 0) is 67.2 Å². The molecular formula is C27H26N6OS. The lowest BCUT2D eigenvalue weighted by molar-refractivity contribution is -0.116. The topological polar surface area (TPSA) is 75.1 Å². The summed E-state index contributed by atoms with van der Waals surface area (Å²) in [4.78, 5) is 24.1. The number of carbonyl (C=O) groups excluding carboxylic acids is 1. The summed E-state index contributed by atoms with van der Waals surface area (Å²) in [6, 6.07) is 23.2. The lowest BCUT2D eigenvalue weighted by Gasteiger charge is -2.28. The third-order valence-electron chi connectivity index (χ3n) is 6.18. The number of rotatable bonds is 7. The molecule has 35 heavy (non-hydrogen) atoms. The van der Waals surface area contributed by atoms with E-state index >= 15 is 0 Å². The van der Waals surface area contributed by atoms with Gasteiger partial charge in [-0.25, -0.2) is 4.98 Å². The Bertz CT molecular complexity index is 1320. The molecule has 7 nitrogen and oxygen atoms in total. The smallest absolute Gasteiger partial charge is 0.226 e. The number of nitrogens with zero attached hydrogens (tertiary/aromatic N) is 4. The summed E-state index contributed by atoms with van der Waals surface area (Å²) >= 11 is 5.76. The predicted molar refractivity (Wildman–Crippen MR) is 140 cm³/mol. The van der Waals surface area contributed by atoms with Crippen LogP contribution in [-0.4, -0.2) is 37.0 Å². The van der Waals surface area contributed by atoms with Crippen molar-refractivity contribution in [1.82, 2.24) is 24.8 Å². The van der Waals surface area contributed by atoms with Gasteiger partial charge in [0.25, 0.3) is 0 Å². The Kier molecular flexibility index (Phi) is 6.54. The van der Waals surface area contributed by atoms with Gasteiger partial charge in [0.2, 0.25) is 5.91 Å². The molecule has 1 fully saturated rings. The van der Waals surface area contributed by atoms with Crippen LogP contribution in [0.3, 0.4) is 0 Å². The molecule has 0 saturated carbocycles. The number of anilines is 1. The monoisotopic (exact) mass is 482 g/mol. The fourth-order valence-corrected chi connectivity index (χ4v) is 4.79. The van der Waals surface area contributed by atoms with Crippen molar-refractivity contribution >= 4 is 28.9 Å². The summed E-state index contributed by atoms with van der Waals surface area (Å²) in [5.74, 6) is 0.768. The quantitative estimate of drug-likeness (QED) is 0.376. The molecule has 176 valence electrons. The Balaban J connectivity index is 1.44. The Morgan fingerprint density at radius 1 is 1.00 bits per heavy atom. The molecule has 1 aromatic carbocycles. The second kappa shape index (κ2) is 10.1. The van der Waals surface area contributed by atoms with E-state index in [1.165, 1.54) is 0 Å². The predicted octanol–water partition coefficient (Wildman–Crippen LogP) is 4.58. The molecule has 2 unspecified atom stereocenters. The summed E-state index contributed by atoms with van der Waals surface area (Å²) in [7, 11) is 0. The van der Waals surface area contributed by atoms with Gasteiger partial charge in [0.15, 0.2) is 5.11 Å². The van der Waals surface area contributed by atoms with Crippen molar-refractivity contribution < 1.29 is 4.79 Å². The summed E-state index contributed by atoms with van der Waals surface area (Å²) in [5, 5.41) is 7.07. The number of aromatic nitrogens is 3. The maximum Gasteiger partial charge on any atom is 0.226 e. The number of hydrogen-bond acceptors (Lipinski definition) is 4. The Hall–Kier alpha value is -4.04. The highest BCUT2D eigenvalue weighted by atomic mass is 32.1. The third-order valence-corrected chi connectivity index (χ3v) is 6.53. The van der Waals surface area contributed by atoms with Gasteiger partial charge in [-0.3, -0.25) is 9.78 Å². The Morgan fingerprint density at radius 3 is 2.51 bits per heavy atom. The highest BCUT2D eigenvalue weighted by Crippen LogP contribution is 2.39. The summed E-state index contributed by atoms with van der Waals surface area (Å²) in [6.07, 6.45) is 5.86. The summed E-state index contributed by atoms with van der Waals surface area (Å²) < 4.78 is 2.07. The molecule has 8 heteroatoms. The zero-order chi connectivity index (χ0) is 24.2. The van der Waals surface area contributed by atoms with E-state index in [0.717, 1.165) is 28.5 Å². The largest absolute Gasteiger partial charge is 0.352 e. The van der Waals surface area contributed by atoms with Crippen LogP contribution in [0.1, 0.15) is 35.5 Å².